The van der Waals surface area contributed by atoms with Crippen LogP contribution < -0.4 is 10.1 Å². The van der Waals surface area contributed by atoms with E-state index in [-0.39, 0.29) is 29.3 Å². The molecular formula is C21H19N3O5. The van der Waals surface area contributed by atoms with Gasteiger partial charge >= 0.3 is 11.9 Å². The molecule has 29 heavy (non-hydrogen) atoms. The fourth-order valence-corrected chi connectivity index (χ4v) is 2.64. The summed E-state index contributed by atoms with van der Waals surface area (Å²) in [6.45, 7) is 3.15. The highest BCUT2D eigenvalue weighted by atomic mass is 16.5. The Labute approximate surface area is 167 Å². The van der Waals surface area contributed by atoms with E-state index in [1.807, 2.05) is 18.2 Å². The molecule has 0 fully saturated rings. The third-order valence-corrected chi connectivity index (χ3v) is 3.86. The van der Waals surface area contributed by atoms with Gasteiger partial charge in [-0.2, -0.15) is 5.10 Å². The zero-order chi connectivity index (χ0) is 20.8. The van der Waals surface area contributed by atoms with Crippen LogP contribution in [0.3, 0.4) is 0 Å². The average molecular weight is 393 g/mol. The van der Waals surface area contributed by atoms with Crippen molar-refractivity contribution in [1.82, 2.24) is 9.78 Å². The molecule has 0 aliphatic heterocycles. The summed E-state index contributed by atoms with van der Waals surface area (Å²) in [6, 6.07) is 15.2. The van der Waals surface area contributed by atoms with Crippen LogP contribution >= 0.6 is 0 Å². The van der Waals surface area contributed by atoms with Crippen LogP contribution in [0.25, 0.3) is 5.69 Å². The number of para-hydroxylation sites is 1. The van der Waals surface area contributed by atoms with Crippen LogP contribution in [-0.4, -0.2) is 34.2 Å². The van der Waals surface area contributed by atoms with Crippen molar-refractivity contribution in [3.8, 4) is 11.4 Å². The summed E-state index contributed by atoms with van der Waals surface area (Å²) >= 11 is 0. The van der Waals surface area contributed by atoms with Crippen LogP contribution in [0.5, 0.6) is 5.75 Å². The van der Waals surface area contributed by atoms with Crippen molar-refractivity contribution in [3.05, 3.63) is 71.9 Å². The van der Waals surface area contributed by atoms with Gasteiger partial charge in [0.25, 0.3) is 5.91 Å². The number of carbonyl (C=O) groups excluding carboxylic acids is 3. The van der Waals surface area contributed by atoms with E-state index < -0.39 is 17.8 Å². The molecule has 148 valence electrons. The topological polar surface area (TPSA) is 99.5 Å². The van der Waals surface area contributed by atoms with Crippen LogP contribution in [0.1, 0.15) is 34.6 Å². The fraction of sp³-hybridized carbons (Fsp3) is 0.143. The summed E-state index contributed by atoms with van der Waals surface area (Å²) in [5.74, 6) is -1.17. The molecule has 0 aliphatic carbocycles. The van der Waals surface area contributed by atoms with E-state index in [0.717, 1.165) is 0 Å². The summed E-state index contributed by atoms with van der Waals surface area (Å²) in [5.41, 5.74) is 1.03. The Bertz CT molecular complexity index is 1040. The summed E-state index contributed by atoms with van der Waals surface area (Å²) in [7, 11) is 0. The Hall–Kier alpha value is -3.94. The van der Waals surface area contributed by atoms with Gasteiger partial charge in [-0.05, 0) is 37.3 Å². The second-order valence-corrected chi connectivity index (χ2v) is 5.95. The molecule has 3 aromatic rings. The number of amides is 1. The third-order valence-electron chi connectivity index (χ3n) is 3.86. The fourth-order valence-electron chi connectivity index (χ4n) is 2.64. The van der Waals surface area contributed by atoms with Crippen LogP contribution in [0.4, 0.5) is 5.82 Å². The molecule has 8 heteroatoms. The van der Waals surface area contributed by atoms with Gasteiger partial charge in [0.1, 0.15) is 11.3 Å². The molecule has 2 aromatic carbocycles. The first kappa shape index (κ1) is 19.8. The number of nitrogens with zero attached hydrogens (tertiary/aromatic N) is 2. The van der Waals surface area contributed by atoms with Gasteiger partial charge in [0.05, 0.1) is 18.5 Å². The molecule has 0 radical (unpaired) electrons. The molecule has 1 amide bonds. The van der Waals surface area contributed by atoms with E-state index in [2.05, 4.69) is 10.4 Å². The lowest BCUT2D eigenvalue weighted by Gasteiger charge is -2.11. The predicted molar refractivity (Wildman–Crippen MR) is 105 cm³/mol. The zero-order valence-corrected chi connectivity index (χ0v) is 15.9. The summed E-state index contributed by atoms with van der Waals surface area (Å²) in [4.78, 5) is 36.3. The van der Waals surface area contributed by atoms with Crippen LogP contribution in [-0.2, 0) is 9.53 Å². The van der Waals surface area contributed by atoms with Gasteiger partial charge in [-0.3, -0.25) is 9.59 Å². The van der Waals surface area contributed by atoms with Crippen molar-refractivity contribution in [2.45, 2.75) is 13.8 Å². The molecule has 0 saturated carbocycles. The highest BCUT2D eigenvalue weighted by Crippen LogP contribution is 2.23. The number of anilines is 1. The molecule has 0 aliphatic rings. The number of nitrogens with one attached hydrogen (secondary N) is 1. The van der Waals surface area contributed by atoms with Crippen LogP contribution in [0.2, 0.25) is 0 Å². The van der Waals surface area contributed by atoms with E-state index in [9.17, 15) is 14.4 Å². The minimum atomic E-state index is -0.598. The molecule has 0 atom stereocenters. The van der Waals surface area contributed by atoms with Crippen molar-refractivity contribution in [2.75, 3.05) is 11.9 Å². The van der Waals surface area contributed by atoms with Gasteiger partial charge in [-0.25, -0.2) is 9.48 Å². The predicted octanol–water partition coefficient (Wildman–Crippen LogP) is 3.23. The third kappa shape index (κ3) is 4.67. The largest absolute Gasteiger partial charge is 0.462 e. The van der Waals surface area contributed by atoms with Crippen LogP contribution in [0, 0.1) is 0 Å². The minimum Gasteiger partial charge on any atom is -0.462 e. The Morgan fingerprint density at radius 2 is 1.83 bits per heavy atom. The van der Waals surface area contributed by atoms with Gasteiger partial charge in [0.2, 0.25) is 0 Å². The molecule has 0 unspecified atom stereocenters. The average Bonchev–Trinajstić information content (AvgIpc) is 3.12. The van der Waals surface area contributed by atoms with Crippen molar-refractivity contribution >= 4 is 23.7 Å². The van der Waals surface area contributed by atoms with Crippen molar-refractivity contribution in [2.24, 2.45) is 0 Å². The summed E-state index contributed by atoms with van der Waals surface area (Å²) in [6.07, 6.45) is 1.34. The lowest BCUT2D eigenvalue weighted by molar-refractivity contribution is -0.131. The lowest BCUT2D eigenvalue weighted by Crippen LogP contribution is -2.18. The van der Waals surface area contributed by atoms with Crippen molar-refractivity contribution < 1.29 is 23.9 Å². The smallest absolute Gasteiger partial charge is 0.343 e. The molecule has 8 nitrogen and oxygen atoms in total. The zero-order valence-electron chi connectivity index (χ0n) is 15.9. The molecular weight excluding hydrogens is 374 g/mol. The molecule has 3 rings (SSSR count). The van der Waals surface area contributed by atoms with E-state index >= 15 is 0 Å². The van der Waals surface area contributed by atoms with E-state index in [0.29, 0.717) is 5.69 Å². The normalized spacial score (nSPS) is 10.3. The van der Waals surface area contributed by atoms with Crippen molar-refractivity contribution in [1.29, 1.82) is 0 Å². The van der Waals surface area contributed by atoms with Gasteiger partial charge < -0.3 is 14.8 Å². The Morgan fingerprint density at radius 3 is 2.52 bits per heavy atom. The summed E-state index contributed by atoms with van der Waals surface area (Å²) in [5, 5.41) is 6.94. The number of aromatic nitrogens is 2. The van der Waals surface area contributed by atoms with Crippen molar-refractivity contribution in [3.63, 3.8) is 0 Å². The van der Waals surface area contributed by atoms with E-state index in [1.165, 1.54) is 23.9 Å². The standard InChI is InChI=1S/C21H19N3O5/c1-3-28-21(27)18-13-22-24(16-9-5-4-6-10-16)19(18)23-20(26)15-8-7-11-17(12-15)29-14(2)25/h4-13H,3H2,1-2H3,(H,23,26). The second kappa shape index (κ2) is 8.83. The monoisotopic (exact) mass is 393 g/mol. The Kier molecular flexibility index (Phi) is 6.03. The number of carbonyl (C=O) groups is 3. The number of hydrogen-bond acceptors (Lipinski definition) is 6. The first-order chi connectivity index (χ1) is 14.0. The van der Waals surface area contributed by atoms with Gasteiger partial charge in [-0.15, -0.1) is 0 Å². The number of ether oxygens (including phenoxy) is 2. The number of benzene rings is 2. The Balaban J connectivity index is 1.96. The molecule has 1 heterocycles. The number of hydrogen-bond donors (Lipinski definition) is 1. The lowest BCUT2D eigenvalue weighted by atomic mass is 10.2. The number of esters is 2. The SMILES string of the molecule is CCOC(=O)c1cnn(-c2ccccc2)c1NC(=O)c1cccc(OC(C)=O)c1. The molecule has 0 saturated heterocycles. The quantitative estimate of drug-likeness (QED) is 0.510. The highest BCUT2D eigenvalue weighted by Gasteiger charge is 2.22. The van der Waals surface area contributed by atoms with E-state index in [1.54, 1.807) is 37.3 Å². The van der Waals surface area contributed by atoms with Gasteiger partial charge in [-0.1, -0.05) is 24.3 Å². The molecule has 0 spiro atoms. The first-order valence-electron chi connectivity index (χ1n) is 8.90. The minimum absolute atomic E-state index is 0.125. The second-order valence-electron chi connectivity index (χ2n) is 5.95. The van der Waals surface area contributed by atoms with E-state index in [4.69, 9.17) is 9.47 Å². The maximum absolute atomic E-state index is 12.8. The van der Waals surface area contributed by atoms with Gasteiger partial charge in [0, 0.05) is 12.5 Å². The molecule has 0 bridgehead atoms. The first-order valence-corrected chi connectivity index (χ1v) is 8.90. The Morgan fingerprint density at radius 1 is 1.07 bits per heavy atom. The molecule has 1 N–H and O–H groups in total. The maximum atomic E-state index is 12.8. The maximum Gasteiger partial charge on any atom is 0.343 e. The van der Waals surface area contributed by atoms with Gasteiger partial charge in [0.15, 0.2) is 5.82 Å². The van der Waals surface area contributed by atoms with Crippen LogP contribution in [0.15, 0.2) is 60.8 Å². The number of rotatable bonds is 6. The summed E-state index contributed by atoms with van der Waals surface area (Å²) < 4.78 is 11.5. The highest BCUT2D eigenvalue weighted by molar-refractivity contribution is 6.07. The molecule has 1 aromatic heterocycles.